The number of halogens is 1. The molecule has 8 heteroatoms. The molecule has 0 saturated heterocycles. The van der Waals surface area contributed by atoms with Gasteiger partial charge in [-0.1, -0.05) is 12.1 Å². The van der Waals surface area contributed by atoms with Gasteiger partial charge in [0.2, 0.25) is 12.3 Å². The number of ether oxygens (including phenoxy) is 1. The Balaban J connectivity index is 1.99. The van der Waals surface area contributed by atoms with Crippen LogP contribution in [-0.4, -0.2) is 54.7 Å². The van der Waals surface area contributed by atoms with Gasteiger partial charge in [0.05, 0.1) is 13.3 Å². The highest BCUT2D eigenvalue weighted by molar-refractivity contribution is 5.93. The number of methoxy groups -OCH3 is 1. The standard InChI is InChI=1S/C22H23FN4O3/c1-26(2)22(29)20(10-15-4-6-17(23)7-5-15)27(14-28)18-8-9-19(21(11-18)30-3)16-12-24-25-13-16/h4-9,11-14,20H,10H2,1-3H3,(H,24,25)/t20-/m0/s1. The molecule has 1 aromatic heterocycles. The fourth-order valence-corrected chi connectivity index (χ4v) is 3.24. The van der Waals surface area contributed by atoms with E-state index in [1.54, 1.807) is 50.8 Å². The molecule has 0 fully saturated rings. The molecule has 2 amide bonds. The minimum absolute atomic E-state index is 0.238. The van der Waals surface area contributed by atoms with Crippen molar-refractivity contribution in [2.45, 2.75) is 12.5 Å². The molecule has 0 aliphatic heterocycles. The van der Waals surface area contributed by atoms with Crippen molar-refractivity contribution in [3.05, 3.63) is 66.2 Å². The van der Waals surface area contributed by atoms with E-state index in [1.807, 2.05) is 6.07 Å². The molecule has 0 spiro atoms. The van der Waals surface area contributed by atoms with Gasteiger partial charge in [0.1, 0.15) is 17.6 Å². The lowest BCUT2D eigenvalue weighted by molar-refractivity contribution is -0.131. The lowest BCUT2D eigenvalue weighted by atomic mass is 10.0. The lowest BCUT2D eigenvalue weighted by Crippen LogP contribution is -2.47. The first-order valence-corrected chi connectivity index (χ1v) is 9.31. The van der Waals surface area contributed by atoms with Gasteiger partial charge in [-0.3, -0.25) is 14.7 Å². The van der Waals surface area contributed by atoms with Crippen molar-refractivity contribution in [2.24, 2.45) is 0 Å². The Hall–Kier alpha value is -3.68. The highest BCUT2D eigenvalue weighted by Gasteiger charge is 2.28. The summed E-state index contributed by atoms with van der Waals surface area (Å²) in [6.07, 6.45) is 4.27. The minimum atomic E-state index is -0.799. The number of likely N-dealkylation sites (N-methyl/N-ethyl adjacent to an activating group) is 1. The second kappa shape index (κ2) is 9.21. The van der Waals surface area contributed by atoms with E-state index in [0.29, 0.717) is 17.8 Å². The van der Waals surface area contributed by atoms with E-state index in [-0.39, 0.29) is 18.1 Å². The topological polar surface area (TPSA) is 78.5 Å². The van der Waals surface area contributed by atoms with E-state index in [1.165, 1.54) is 29.0 Å². The van der Waals surface area contributed by atoms with Crippen LogP contribution in [-0.2, 0) is 16.0 Å². The van der Waals surface area contributed by atoms with Gasteiger partial charge in [-0.2, -0.15) is 5.10 Å². The number of benzene rings is 2. The monoisotopic (exact) mass is 410 g/mol. The number of hydrogen-bond acceptors (Lipinski definition) is 4. The molecule has 3 aromatic rings. The second-order valence-corrected chi connectivity index (χ2v) is 6.96. The van der Waals surface area contributed by atoms with Crippen molar-refractivity contribution < 1.29 is 18.7 Å². The summed E-state index contributed by atoms with van der Waals surface area (Å²) in [5.74, 6) is -0.0658. The number of carbonyl (C=O) groups excluding carboxylic acids is 2. The van der Waals surface area contributed by atoms with E-state index in [4.69, 9.17) is 4.74 Å². The maximum Gasteiger partial charge on any atom is 0.245 e. The van der Waals surface area contributed by atoms with Crippen molar-refractivity contribution in [3.8, 4) is 16.9 Å². The van der Waals surface area contributed by atoms with Gasteiger partial charge in [-0.05, 0) is 29.8 Å². The lowest BCUT2D eigenvalue weighted by Gasteiger charge is -2.30. The van der Waals surface area contributed by atoms with Crippen molar-refractivity contribution in [1.29, 1.82) is 0 Å². The number of nitrogens with one attached hydrogen (secondary N) is 1. The van der Waals surface area contributed by atoms with Crippen LogP contribution in [0.15, 0.2) is 54.9 Å². The Morgan fingerprint density at radius 3 is 2.53 bits per heavy atom. The fraction of sp³-hybridized carbons (Fsp3) is 0.227. The van der Waals surface area contributed by atoms with E-state index >= 15 is 0 Å². The number of aromatic amines is 1. The molecule has 30 heavy (non-hydrogen) atoms. The maximum absolute atomic E-state index is 13.3. The number of anilines is 1. The molecular formula is C22H23FN4O3. The molecule has 2 aromatic carbocycles. The predicted octanol–water partition coefficient (Wildman–Crippen LogP) is 2.89. The van der Waals surface area contributed by atoms with Gasteiger partial charge >= 0.3 is 0 Å². The molecule has 7 nitrogen and oxygen atoms in total. The van der Waals surface area contributed by atoms with E-state index in [2.05, 4.69) is 10.2 Å². The van der Waals surface area contributed by atoms with Crippen molar-refractivity contribution in [1.82, 2.24) is 15.1 Å². The smallest absolute Gasteiger partial charge is 0.245 e. The number of H-pyrrole nitrogens is 1. The zero-order valence-electron chi connectivity index (χ0n) is 17.0. The summed E-state index contributed by atoms with van der Waals surface area (Å²) in [7, 11) is 4.80. The van der Waals surface area contributed by atoms with Crippen LogP contribution < -0.4 is 9.64 Å². The normalized spacial score (nSPS) is 11.6. The van der Waals surface area contributed by atoms with Crippen LogP contribution >= 0.6 is 0 Å². The minimum Gasteiger partial charge on any atom is -0.496 e. The third kappa shape index (κ3) is 4.48. The van der Waals surface area contributed by atoms with Gasteiger partial charge in [-0.25, -0.2) is 4.39 Å². The first kappa shape index (κ1) is 21.0. The van der Waals surface area contributed by atoms with Crippen LogP contribution in [0, 0.1) is 5.82 Å². The molecule has 3 rings (SSSR count). The van der Waals surface area contributed by atoms with Crippen LogP contribution in [0.2, 0.25) is 0 Å². The van der Waals surface area contributed by atoms with E-state index in [9.17, 15) is 14.0 Å². The Morgan fingerprint density at radius 1 is 1.23 bits per heavy atom. The molecule has 156 valence electrons. The average Bonchev–Trinajstić information content (AvgIpc) is 3.29. The summed E-state index contributed by atoms with van der Waals surface area (Å²) in [6, 6.07) is 10.4. The Bertz CT molecular complexity index is 1000. The van der Waals surface area contributed by atoms with Gasteiger partial charge in [-0.15, -0.1) is 0 Å². The Kier molecular flexibility index (Phi) is 6.46. The van der Waals surface area contributed by atoms with Gasteiger partial charge in [0.25, 0.3) is 0 Å². The van der Waals surface area contributed by atoms with Crippen LogP contribution in [0.3, 0.4) is 0 Å². The Morgan fingerprint density at radius 2 is 1.97 bits per heavy atom. The predicted molar refractivity (Wildman–Crippen MR) is 112 cm³/mol. The zero-order chi connectivity index (χ0) is 21.7. The molecule has 0 aliphatic carbocycles. The van der Waals surface area contributed by atoms with Crippen molar-refractivity contribution >= 4 is 18.0 Å². The van der Waals surface area contributed by atoms with E-state index < -0.39 is 6.04 Å². The first-order valence-electron chi connectivity index (χ1n) is 9.31. The van der Waals surface area contributed by atoms with Gasteiger partial charge in [0.15, 0.2) is 0 Å². The number of carbonyl (C=O) groups is 2. The quantitative estimate of drug-likeness (QED) is 0.579. The van der Waals surface area contributed by atoms with Crippen LogP contribution in [0.5, 0.6) is 5.75 Å². The number of rotatable bonds is 8. The highest BCUT2D eigenvalue weighted by atomic mass is 19.1. The number of hydrogen-bond donors (Lipinski definition) is 1. The average molecular weight is 410 g/mol. The fourth-order valence-electron chi connectivity index (χ4n) is 3.24. The molecule has 0 bridgehead atoms. The maximum atomic E-state index is 13.3. The molecule has 0 unspecified atom stereocenters. The molecular weight excluding hydrogens is 387 g/mol. The number of aromatic nitrogens is 2. The van der Waals surface area contributed by atoms with Crippen molar-refractivity contribution in [2.75, 3.05) is 26.1 Å². The van der Waals surface area contributed by atoms with Gasteiger partial charge < -0.3 is 14.5 Å². The summed E-state index contributed by atoms with van der Waals surface area (Å²) >= 11 is 0. The molecule has 1 N–H and O–H groups in total. The largest absolute Gasteiger partial charge is 0.496 e. The summed E-state index contributed by atoms with van der Waals surface area (Å²) in [5.41, 5.74) is 2.89. The molecule has 1 atom stereocenters. The summed E-state index contributed by atoms with van der Waals surface area (Å²) < 4.78 is 18.8. The SMILES string of the molecule is COc1cc(N(C=O)[C@@H](Cc2ccc(F)cc2)C(=O)N(C)C)ccc1-c1cn[nH]c1. The third-order valence-electron chi connectivity index (χ3n) is 4.81. The molecule has 0 saturated carbocycles. The van der Waals surface area contributed by atoms with Crippen molar-refractivity contribution in [3.63, 3.8) is 0 Å². The molecule has 0 aliphatic rings. The van der Waals surface area contributed by atoms with Gasteiger partial charge in [0, 0.05) is 49.6 Å². The first-order chi connectivity index (χ1) is 14.4. The molecule has 0 radical (unpaired) electrons. The Labute approximate surface area is 174 Å². The van der Waals surface area contributed by atoms with Crippen LogP contribution in [0.4, 0.5) is 10.1 Å². The summed E-state index contributed by atoms with van der Waals surface area (Å²) in [6.45, 7) is 0. The van der Waals surface area contributed by atoms with E-state index in [0.717, 1.165) is 16.7 Å². The van der Waals surface area contributed by atoms with Crippen LogP contribution in [0.1, 0.15) is 5.56 Å². The van der Waals surface area contributed by atoms with Crippen LogP contribution in [0.25, 0.3) is 11.1 Å². The summed E-state index contributed by atoms with van der Waals surface area (Å²) in [5, 5.41) is 6.70. The number of nitrogens with zero attached hydrogens (tertiary/aromatic N) is 3. The second-order valence-electron chi connectivity index (χ2n) is 6.96. The molecule has 1 heterocycles. The number of amides is 2. The zero-order valence-corrected chi connectivity index (χ0v) is 17.0. The highest BCUT2D eigenvalue weighted by Crippen LogP contribution is 2.33. The third-order valence-corrected chi connectivity index (χ3v) is 4.81. The summed E-state index contributed by atoms with van der Waals surface area (Å²) in [4.78, 5) is 27.8.